The molecule has 2 heterocycles. The maximum atomic E-state index is 13.2. The fourth-order valence-corrected chi connectivity index (χ4v) is 4.43. The molecule has 1 aromatic carbocycles. The summed E-state index contributed by atoms with van der Waals surface area (Å²) in [6.45, 7) is 7.28. The van der Waals surface area contributed by atoms with E-state index in [2.05, 4.69) is 57.9 Å². The Morgan fingerprint density at radius 1 is 1.19 bits per heavy atom. The molecule has 0 spiro atoms. The average Bonchev–Trinajstić information content (AvgIpc) is 3.22. The Bertz CT molecular complexity index is 1130. The average molecular weight is 435 g/mol. The second-order valence-corrected chi connectivity index (χ2v) is 8.61. The molecule has 2 aromatic heterocycles. The Labute approximate surface area is 187 Å². The second-order valence-electron chi connectivity index (χ2n) is 8.61. The van der Waals surface area contributed by atoms with Crippen molar-refractivity contribution in [2.75, 3.05) is 5.32 Å². The molecule has 2 N–H and O–H groups in total. The molecule has 1 aliphatic carbocycles. The minimum Gasteiger partial charge on any atom is -0.381 e. The van der Waals surface area contributed by atoms with Crippen molar-refractivity contribution in [2.24, 2.45) is 5.18 Å². The SMILES string of the molecule is CCn1ncc2c(NC3CCC(N=O)CC3)c(C(=O)NCc3ccc(C)cc3C)cnc21. The van der Waals surface area contributed by atoms with E-state index in [0.29, 0.717) is 18.7 Å². The number of nitrogens with one attached hydrogen (secondary N) is 2. The second kappa shape index (κ2) is 9.46. The Morgan fingerprint density at radius 3 is 2.66 bits per heavy atom. The van der Waals surface area contributed by atoms with E-state index < -0.39 is 0 Å². The Hall–Kier alpha value is -3.29. The molecule has 1 aliphatic rings. The molecule has 0 radical (unpaired) electrons. The third kappa shape index (κ3) is 4.49. The Balaban J connectivity index is 1.60. The highest BCUT2D eigenvalue weighted by atomic mass is 16.3. The van der Waals surface area contributed by atoms with Gasteiger partial charge in [0.05, 0.1) is 28.9 Å². The van der Waals surface area contributed by atoms with Gasteiger partial charge in [-0.1, -0.05) is 28.9 Å². The summed E-state index contributed by atoms with van der Waals surface area (Å²) in [4.78, 5) is 28.6. The first-order valence-electron chi connectivity index (χ1n) is 11.3. The highest BCUT2D eigenvalue weighted by Gasteiger charge is 2.25. The van der Waals surface area contributed by atoms with Gasteiger partial charge in [-0.05, 0) is 57.6 Å². The van der Waals surface area contributed by atoms with Crippen LogP contribution in [0.2, 0.25) is 0 Å². The van der Waals surface area contributed by atoms with E-state index in [0.717, 1.165) is 53.5 Å². The predicted molar refractivity (Wildman–Crippen MR) is 126 cm³/mol. The van der Waals surface area contributed by atoms with E-state index in [4.69, 9.17) is 0 Å². The van der Waals surface area contributed by atoms with Crippen molar-refractivity contribution in [1.29, 1.82) is 0 Å². The summed E-state index contributed by atoms with van der Waals surface area (Å²) in [5.41, 5.74) is 5.46. The third-order valence-corrected chi connectivity index (χ3v) is 6.34. The lowest BCUT2D eigenvalue weighted by atomic mass is 9.91. The number of benzene rings is 1. The number of carbonyl (C=O) groups excluding carboxylic acids is 1. The van der Waals surface area contributed by atoms with Crippen molar-refractivity contribution in [3.8, 4) is 0 Å². The largest absolute Gasteiger partial charge is 0.381 e. The van der Waals surface area contributed by atoms with E-state index in [1.165, 1.54) is 5.56 Å². The van der Waals surface area contributed by atoms with Crippen molar-refractivity contribution in [3.63, 3.8) is 0 Å². The van der Waals surface area contributed by atoms with Gasteiger partial charge < -0.3 is 10.6 Å². The number of hydrogen-bond acceptors (Lipinski definition) is 6. The maximum Gasteiger partial charge on any atom is 0.255 e. The summed E-state index contributed by atoms with van der Waals surface area (Å²) in [7, 11) is 0. The normalized spacial score (nSPS) is 18.5. The van der Waals surface area contributed by atoms with E-state index in [1.807, 2.05) is 11.6 Å². The highest BCUT2D eigenvalue weighted by molar-refractivity contribution is 6.06. The first kappa shape index (κ1) is 21.9. The summed E-state index contributed by atoms with van der Waals surface area (Å²) < 4.78 is 1.82. The molecule has 8 nitrogen and oxygen atoms in total. The summed E-state index contributed by atoms with van der Waals surface area (Å²) in [6, 6.07) is 6.30. The number of carbonyl (C=O) groups is 1. The zero-order valence-corrected chi connectivity index (χ0v) is 18.9. The number of nitroso groups, excluding NO2 is 1. The number of aryl methyl sites for hydroxylation is 3. The number of hydrogen-bond donors (Lipinski definition) is 2. The number of fused-ring (bicyclic) bond motifs is 1. The van der Waals surface area contributed by atoms with Gasteiger partial charge in [0.2, 0.25) is 0 Å². The molecule has 0 saturated heterocycles. The number of aromatic nitrogens is 3. The van der Waals surface area contributed by atoms with Crippen LogP contribution in [0.15, 0.2) is 35.8 Å². The van der Waals surface area contributed by atoms with Gasteiger partial charge in [0.15, 0.2) is 5.65 Å². The number of nitrogens with zero attached hydrogens (tertiary/aromatic N) is 4. The quantitative estimate of drug-likeness (QED) is 0.534. The number of pyridine rings is 1. The smallest absolute Gasteiger partial charge is 0.255 e. The lowest BCUT2D eigenvalue weighted by molar-refractivity contribution is 0.0951. The lowest BCUT2D eigenvalue weighted by Crippen LogP contribution is -2.30. The molecule has 1 amide bonds. The van der Waals surface area contributed by atoms with Gasteiger partial charge in [-0.3, -0.25) is 4.79 Å². The van der Waals surface area contributed by atoms with Gasteiger partial charge >= 0.3 is 0 Å². The summed E-state index contributed by atoms with van der Waals surface area (Å²) in [5, 5.41) is 15.1. The molecule has 4 rings (SSSR count). The molecule has 8 heteroatoms. The molecule has 32 heavy (non-hydrogen) atoms. The van der Waals surface area contributed by atoms with Crippen molar-refractivity contribution in [3.05, 3.63) is 57.8 Å². The molecule has 0 bridgehead atoms. The van der Waals surface area contributed by atoms with Crippen LogP contribution in [-0.2, 0) is 13.1 Å². The molecule has 0 atom stereocenters. The van der Waals surface area contributed by atoms with Gasteiger partial charge in [-0.2, -0.15) is 10.0 Å². The molecule has 3 aromatic rings. The zero-order chi connectivity index (χ0) is 22.7. The molecule has 1 fully saturated rings. The highest BCUT2D eigenvalue weighted by Crippen LogP contribution is 2.30. The van der Waals surface area contributed by atoms with Gasteiger partial charge in [0.1, 0.15) is 0 Å². The van der Waals surface area contributed by atoms with Crippen LogP contribution in [0.25, 0.3) is 11.0 Å². The Kier molecular flexibility index (Phi) is 6.48. The van der Waals surface area contributed by atoms with Gasteiger partial charge in [-0.15, -0.1) is 0 Å². The summed E-state index contributed by atoms with van der Waals surface area (Å²) in [5.74, 6) is -0.172. The van der Waals surface area contributed by atoms with Crippen molar-refractivity contribution in [1.82, 2.24) is 20.1 Å². The number of rotatable bonds is 7. The molecule has 1 saturated carbocycles. The monoisotopic (exact) mass is 434 g/mol. The van der Waals surface area contributed by atoms with Crippen molar-refractivity contribution in [2.45, 2.75) is 71.6 Å². The summed E-state index contributed by atoms with van der Waals surface area (Å²) in [6.07, 6.45) is 6.61. The van der Waals surface area contributed by atoms with Gasteiger partial charge in [0, 0.05) is 25.3 Å². The molecule has 168 valence electrons. The predicted octanol–water partition coefficient (Wildman–Crippen LogP) is 4.49. The van der Waals surface area contributed by atoms with Crippen LogP contribution in [0.1, 0.15) is 59.7 Å². The number of anilines is 1. The van der Waals surface area contributed by atoms with Crippen LogP contribution in [0, 0.1) is 18.8 Å². The van der Waals surface area contributed by atoms with E-state index >= 15 is 0 Å². The number of amides is 1. The maximum absolute atomic E-state index is 13.2. The van der Waals surface area contributed by atoms with Crippen LogP contribution >= 0.6 is 0 Å². The van der Waals surface area contributed by atoms with Crippen LogP contribution in [0.5, 0.6) is 0 Å². The molecule has 0 unspecified atom stereocenters. The standard InChI is InChI=1S/C24H30N6O2/c1-4-30-23-20(14-27-30)22(28-18-7-9-19(29-32)10-8-18)21(13-25-23)24(31)26-12-17-6-5-15(2)11-16(17)3/h5-6,11,13-14,18-19H,4,7-10,12H2,1-3H3,(H,25,28)(H,26,31). The minimum atomic E-state index is -0.172. The molecular formula is C24H30N6O2. The van der Waals surface area contributed by atoms with Crippen molar-refractivity contribution >= 4 is 22.6 Å². The van der Waals surface area contributed by atoms with Crippen LogP contribution in [0.3, 0.4) is 0 Å². The first-order chi connectivity index (χ1) is 15.5. The van der Waals surface area contributed by atoms with Crippen LogP contribution in [0.4, 0.5) is 5.69 Å². The fourth-order valence-electron chi connectivity index (χ4n) is 4.43. The minimum absolute atomic E-state index is 0.103. The molecular weight excluding hydrogens is 404 g/mol. The molecule has 0 aliphatic heterocycles. The van der Waals surface area contributed by atoms with E-state index in [9.17, 15) is 9.70 Å². The zero-order valence-electron chi connectivity index (χ0n) is 18.9. The summed E-state index contributed by atoms with van der Waals surface area (Å²) >= 11 is 0. The topological polar surface area (TPSA) is 101 Å². The van der Waals surface area contributed by atoms with Gasteiger partial charge in [-0.25, -0.2) is 9.67 Å². The van der Waals surface area contributed by atoms with E-state index in [1.54, 1.807) is 12.4 Å². The lowest BCUT2D eigenvalue weighted by Gasteiger charge is -2.27. The van der Waals surface area contributed by atoms with E-state index in [-0.39, 0.29) is 18.0 Å². The third-order valence-electron chi connectivity index (χ3n) is 6.34. The first-order valence-corrected chi connectivity index (χ1v) is 11.3. The fraction of sp³-hybridized carbons (Fsp3) is 0.458. The van der Waals surface area contributed by atoms with Crippen molar-refractivity contribution < 1.29 is 4.79 Å². The van der Waals surface area contributed by atoms with Gasteiger partial charge in [0.25, 0.3) is 5.91 Å². The Morgan fingerprint density at radius 2 is 1.97 bits per heavy atom. The van der Waals surface area contributed by atoms with Crippen LogP contribution < -0.4 is 10.6 Å². The van der Waals surface area contributed by atoms with Crippen LogP contribution in [-0.4, -0.2) is 32.8 Å².